The van der Waals surface area contributed by atoms with Crippen molar-refractivity contribution in [3.05, 3.63) is 35.4 Å². The van der Waals surface area contributed by atoms with E-state index in [4.69, 9.17) is 4.74 Å². The molecule has 2 nitrogen and oxygen atoms in total. The monoisotopic (exact) mass is 261 g/mol. The van der Waals surface area contributed by atoms with Gasteiger partial charge >= 0.3 is 0 Å². The molecule has 1 atom stereocenters. The Hall–Kier alpha value is -0.860. The maximum atomic E-state index is 5.61. The quantitative estimate of drug-likeness (QED) is 0.755. The minimum absolute atomic E-state index is 0.551. The van der Waals surface area contributed by atoms with Crippen molar-refractivity contribution in [2.24, 2.45) is 5.92 Å². The summed E-state index contributed by atoms with van der Waals surface area (Å²) in [5, 5.41) is 3.69. The average molecular weight is 261 g/mol. The highest BCUT2D eigenvalue weighted by Crippen LogP contribution is 2.29. The van der Waals surface area contributed by atoms with Crippen LogP contribution in [0.5, 0.6) is 0 Å². The highest BCUT2D eigenvalue weighted by molar-refractivity contribution is 5.32. The normalized spacial score (nSPS) is 18.6. The molecule has 1 N–H and O–H groups in total. The number of rotatable bonds is 7. The second-order valence-corrected chi connectivity index (χ2v) is 5.92. The van der Waals surface area contributed by atoms with Crippen LogP contribution in [0.2, 0.25) is 0 Å². The summed E-state index contributed by atoms with van der Waals surface area (Å²) in [6.07, 6.45) is 4.92. The zero-order valence-corrected chi connectivity index (χ0v) is 12.3. The number of ether oxygens (including phenoxy) is 1. The Bertz CT molecular complexity index is 375. The van der Waals surface area contributed by atoms with Crippen molar-refractivity contribution in [3.8, 4) is 0 Å². The number of benzene rings is 1. The van der Waals surface area contributed by atoms with Crippen molar-refractivity contribution in [1.82, 2.24) is 5.32 Å². The second kappa shape index (κ2) is 7.66. The largest absolute Gasteiger partial charge is 0.381 e. The molecule has 1 unspecified atom stereocenters. The highest BCUT2D eigenvalue weighted by Gasteiger charge is 2.18. The molecule has 0 heterocycles. The molecule has 1 aromatic rings. The predicted octanol–water partition coefficient (Wildman–Crippen LogP) is 3.72. The number of nitrogens with one attached hydrogen (secondary N) is 1. The third-order valence-electron chi connectivity index (χ3n) is 3.68. The molecule has 106 valence electrons. The molecule has 2 heteroatoms. The average Bonchev–Trinajstić information content (AvgIpc) is 2.42. The Labute approximate surface area is 117 Å². The third kappa shape index (κ3) is 4.63. The molecule has 0 saturated carbocycles. The SMILES string of the molecule is CC(C)COCCCNC1CCCc2ccccc21. The van der Waals surface area contributed by atoms with Gasteiger partial charge in [-0.3, -0.25) is 0 Å². The Kier molecular flexibility index (Phi) is 5.87. The fourth-order valence-electron chi connectivity index (χ4n) is 2.74. The van der Waals surface area contributed by atoms with E-state index >= 15 is 0 Å². The molecule has 1 aliphatic carbocycles. The lowest BCUT2D eigenvalue weighted by Crippen LogP contribution is -2.26. The molecule has 19 heavy (non-hydrogen) atoms. The van der Waals surface area contributed by atoms with Crippen LogP contribution in [0.25, 0.3) is 0 Å². The van der Waals surface area contributed by atoms with Gasteiger partial charge < -0.3 is 10.1 Å². The Morgan fingerprint density at radius 3 is 3.00 bits per heavy atom. The minimum atomic E-state index is 0.551. The molecule has 0 fully saturated rings. The molecular weight excluding hydrogens is 234 g/mol. The van der Waals surface area contributed by atoms with Crippen molar-refractivity contribution < 1.29 is 4.74 Å². The summed E-state index contributed by atoms with van der Waals surface area (Å²) in [6.45, 7) is 7.19. The van der Waals surface area contributed by atoms with Gasteiger partial charge in [-0.15, -0.1) is 0 Å². The Balaban J connectivity index is 1.70. The van der Waals surface area contributed by atoms with E-state index in [1.807, 2.05) is 0 Å². The summed E-state index contributed by atoms with van der Waals surface area (Å²) in [4.78, 5) is 0. The van der Waals surface area contributed by atoms with Gasteiger partial charge in [0.15, 0.2) is 0 Å². The Morgan fingerprint density at radius 2 is 2.16 bits per heavy atom. The third-order valence-corrected chi connectivity index (χ3v) is 3.68. The molecule has 0 aliphatic heterocycles. The summed E-state index contributed by atoms with van der Waals surface area (Å²) >= 11 is 0. The van der Waals surface area contributed by atoms with Crippen LogP contribution in [0, 0.1) is 5.92 Å². The van der Waals surface area contributed by atoms with Crippen LogP contribution in [-0.2, 0) is 11.2 Å². The molecule has 2 rings (SSSR count). The van der Waals surface area contributed by atoms with Gasteiger partial charge in [0.1, 0.15) is 0 Å². The Morgan fingerprint density at radius 1 is 1.32 bits per heavy atom. The summed E-state index contributed by atoms with van der Waals surface area (Å²) in [6, 6.07) is 9.41. The van der Waals surface area contributed by atoms with E-state index in [2.05, 4.69) is 43.4 Å². The van der Waals surface area contributed by atoms with Crippen LogP contribution in [0.4, 0.5) is 0 Å². The van der Waals surface area contributed by atoms with Gasteiger partial charge in [0.25, 0.3) is 0 Å². The summed E-state index contributed by atoms with van der Waals surface area (Å²) in [7, 11) is 0. The summed E-state index contributed by atoms with van der Waals surface area (Å²) < 4.78 is 5.61. The van der Waals surface area contributed by atoms with Crippen molar-refractivity contribution in [1.29, 1.82) is 0 Å². The van der Waals surface area contributed by atoms with Crippen molar-refractivity contribution in [2.45, 2.75) is 45.6 Å². The van der Waals surface area contributed by atoms with Gasteiger partial charge in [-0.05, 0) is 49.3 Å². The number of fused-ring (bicyclic) bond motifs is 1. The molecule has 1 aliphatic rings. The van der Waals surface area contributed by atoms with Gasteiger partial charge in [-0.25, -0.2) is 0 Å². The van der Waals surface area contributed by atoms with Crippen LogP contribution >= 0.6 is 0 Å². The van der Waals surface area contributed by atoms with E-state index in [9.17, 15) is 0 Å². The molecule has 0 radical (unpaired) electrons. The molecule has 0 amide bonds. The number of aryl methyl sites for hydroxylation is 1. The molecule has 0 aromatic heterocycles. The summed E-state index contributed by atoms with van der Waals surface area (Å²) in [5.74, 6) is 0.637. The first-order chi connectivity index (χ1) is 9.27. The lowest BCUT2D eigenvalue weighted by Gasteiger charge is -2.26. The summed E-state index contributed by atoms with van der Waals surface area (Å²) in [5.41, 5.74) is 3.04. The predicted molar refractivity (Wildman–Crippen MR) is 80.4 cm³/mol. The van der Waals surface area contributed by atoms with Crippen LogP contribution in [-0.4, -0.2) is 19.8 Å². The van der Waals surface area contributed by atoms with Gasteiger partial charge in [0.2, 0.25) is 0 Å². The van der Waals surface area contributed by atoms with Gasteiger partial charge in [-0.2, -0.15) is 0 Å². The number of hydrogen-bond acceptors (Lipinski definition) is 2. The van der Waals surface area contributed by atoms with Crippen LogP contribution in [0.15, 0.2) is 24.3 Å². The van der Waals surface area contributed by atoms with Gasteiger partial charge in [0, 0.05) is 19.3 Å². The standard InChI is InChI=1S/C17H27NO/c1-14(2)13-19-12-6-11-18-17-10-5-8-15-7-3-4-9-16(15)17/h3-4,7,9,14,17-18H,5-6,8,10-13H2,1-2H3. The first-order valence-corrected chi connectivity index (χ1v) is 7.66. The van der Waals surface area contributed by atoms with Crippen LogP contribution in [0.3, 0.4) is 0 Å². The zero-order valence-electron chi connectivity index (χ0n) is 12.3. The molecule has 0 spiro atoms. The zero-order chi connectivity index (χ0) is 13.5. The fourth-order valence-corrected chi connectivity index (χ4v) is 2.74. The molecule has 0 bridgehead atoms. The molecule has 1 aromatic carbocycles. The maximum absolute atomic E-state index is 5.61. The van der Waals surface area contributed by atoms with E-state index in [1.54, 1.807) is 0 Å². The van der Waals surface area contributed by atoms with E-state index < -0.39 is 0 Å². The smallest absolute Gasteiger partial charge is 0.0489 e. The van der Waals surface area contributed by atoms with Crippen LogP contribution in [0.1, 0.15) is 50.3 Å². The van der Waals surface area contributed by atoms with E-state index in [0.29, 0.717) is 12.0 Å². The minimum Gasteiger partial charge on any atom is -0.381 e. The van der Waals surface area contributed by atoms with E-state index in [-0.39, 0.29) is 0 Å². The molecule has 0 saturated heterocycles. The lowest BCUT2D eigenvalue weighted by atomic mass is 9.88. The van der Waals surface area contributed by atoms with E-state index in [1.165, 1.54) is 30.4 Å². The highest BCUT2D eigenvalue weighted by atomic mass is 16.5. The first-order valence-electron chi connectivity index (χ1n) is 7.66. The van der Waals surface area contributed by atoms with Crippen LogP contribution < -0.4 is 5.32 Å². The topological polar surface area (TPSA) is 21.3 Å². The second-order valence-electron chi connectivity index (χ2n) is 5.92. The maximum Gasteiger partial charge on any atom is 0.0489 e. The van der Waals surface area contributed by atoms with Crippen molar-refractivity contribution >= 4 is 0 Å². The van der Waals surface area contributed by atoms with Gasteiger partial charge in [-0.1, -0.05) is 38.1 Å². The van der Waals surface area contributed by atoms with Gasteiger partial charge in [0.05, 0.1) is 0 Å². The number of hydrogen-bond donors (Lipinski definition) is 1. The fraction of sp³-hybridized carbons (Fsp3) is 0.647. The molecular formula is C17H27NO. The van der Waals surface area contributed by atoms with Crippen molar-refractivity contribution in [2.75, 3.05) is 19.8 Å². The first kappa shape index (κ1) is 14.5. The van der Waals surface area contributed by atoms with E-state index in [0.717, 1.165) is 26.2 Å². The van der Waals surface area contributed by atoms with Crippen molar-refractivity contribution in [3.63, 3.8) is 0 Å². The lowest BCUT2D eigenvalue weighted by molar-refractivity contribution is 0.107.